The van der Waals surface area contributed by atoms with Gasteiger partial charge in [-0.15, -0.1) is 0 Å². The van der Waals surface area contributed by atoms with Gasteiger partial charge in [-0.1, -0.05) is 22.0 Å². The summed E-state index contributed by atoms with van der Waals surface area (Å²) in [6, 6.07) is 7.01. The second kappa shape index (κ2) is 6.53. The maximum absolute atomic E-state index is 12.2. The Bertz CT molecular complexity index is 681. The molecule has 21 heavy (non-hydrogen) atoms. The third-order valence-corrected chi connectivity index (χ3v) is 3.36. The van der Waals surface area contributed by atoms with E-state index in [0.717, 1.165) is 4.47 Å². The van der Waals surface area contributed by atoms with Gasteiger partial charge in [-0.25, -0.2) is 0 Å². The van der Waals surface area contributed by atoms with Crippen LogP contribution in [0.2, 0.25) is 0 Å². The predicted molar refractivity (Wildman–Crippen MR) is 83.4 cm³/mol. The zero-order valence-corrected chi connectivity index (χ0v) is 13.3. The number of hydrogen-bond acceptors (Lipinski definition) is 3. The molecule has 2 N–H and O–H groups in total. The third-order valence-electron chi connectivity index (χ3n) is 2.86. The highest BCUT2D eigenvalue weighted by molar-refractivity contribution is 9.10. The first kappa shape index (κ1) is 15.2. The summed E-state index contributed by atoms with van der Waals surface area (Å²) in [5.74, 6) is -0.635. The molecule has 0 aliphatic rings. The molecule has 2 rings (SSSR count). The second-order valence-corrected chi connectivity index (χ2v) is 5.21. The van der Waals surface area contributed by atoms with Crippen LogP contribution in [0.1, 0.15) is 27.8 Å². The molecule has 0 bridgehead atoms. The van der Waals surface area contributed by atoms with Crippen molar-refractivity contribution >= 4 is 33.4 Å². The van der Waals surface area contributed by atoms with Crippen molar-refractivity contribution in [3.05, 3.63) is 46.2 Å². The summed E-state index contributed by atoms with van der Waals surface area (Å²) >= 11 is 3.32. The maximum atomic E-state index is 12.2. The molecule has 0 atom stereocenters. The second-order valence-electron chi connectivity index (χ2n) is 4.29. The molecule has 110 valence electrons. The average Bonchev–Trinajstić information content (AvgIpc) is 2.89. The summed E-state index contributed by atoms with van der Waals surface area (Å²) in [5, 5.41) is 9.37. The Morgan fingerprint density at radius 2 is 2.10 bits per heavy atom. The SMILES string of the molecule is CCn1cc(NC(=O)c2cccc(Br)c2)c(C(=O)NC)n1. The van der Waals surface area contributed by atoms with Crippen molar-refractivity contribution in [2.24, 2.45) is 0 Å². The molecule has 1 aromatic heterocycles. The lowest BCUT2D eigenvalue weighted by Gasteiger charge is -2.05. The quantitative estimate of drug-likeness (QED) is 0.887. The van der Waals surface area contributed by atoms with Gasteiger partial charge in [0.2, 0.25) is 0 Å². The van der Waals surface area contributed by atoms with Crippen molar-refractivity contribution in [2.75, 3.05) is 12.4 Å². The van der Waals surface area contributed by atoms with Gasteiger partial charge in [0.1, 0.15) is 0 Å². The molecular formula is C14H15BrN4O2. The molecule has 2 aromatic rings. The number of aromatic nitrogens is 2. The van der Waals surface area contributed by atoms with E-state index in [4.69, 9.17) is 0 Å². The number of nitrogens with zero attached hydrogens (tertiary/aromatic N) is 2. The lowest BCUT2D eigenvalue weighted by molar-refractivity contribution is 0.0958. The van der Waals surface area contributed by atoms with Gasteiger partial charge in [0.25, 0.3) is 11.8 Å². The first-order valence-corrected chi connectivity index (χ1v) is 7.21. The smallest absolute Gasteiger partial charge is 0.273 e. The Labute approximate surface area is 130 Å². The zero-order valence-electron chi connectivity index (χ0n) is 11.7. The van der Waals surface area contributed by atoms with Gasteiger partial charge in [0.15, 0.2) is 5.69 Å². The molecule has 6 nitrogen and oxygen atoms in total. The fourth-order valence-corrected chi connectivity index (χ4v) is 2.18. The number of nitrogens with one attached hydrogen (secondary N) is 2. The van der Waals surface area contributed by atoms with Gasteiger partial charge in [0, 0.05) is 29.8 Å². The molecule has 1 heterocycles. The molecular weight excluding hydrogens is 336 g/mol. The number of aryl methyl sites for hydroxylation is 1. The minimum atomic E-state index is -0.341. The van der Waals surface area contributed by atoms with E-state index in [-0.39, 0.29) is 17.5 Å². The molecule has 0 radical (unpaired) electrons. The molecule has 1 aromatic carbocycles. The number of rotatable bonds is 4. The Morgan fingerprint density at radius 1 is 1.33 bits per heavy atom. The van der Waals surface area contributed by atoms with Gasteiger partial charge in [0.05, 0.1) is 5.69 Å². The maximum Gasteiger partial charge on any atom is 0.273 e. The first-order chi connectivity index (χ1) is 10.0. The van der Waals surface area contributed by atoms with Crippen LogP contribution in [-0.4, -0.2) is 28.6 Å². The van der Waals surface area contributed by atoms with Crippen LogP contribution in [0.4, 0.5) is 5.69 Å². The molecule has 0 spiro atoms. The van der Waals surface area contributed by atoms with Crippen molar-refractivity contribution < 1.29 is 9.59 Å². The molecule has 0 aliphatic carbocycles. The van der Waals surface area contributed by atoms with Crippen molar-refractivity contribution in [3.63, 3.8) is 0 Å². The summed E-state index contributed by atoms with van der Waals surface area (Å²) in [6.45, 7) is 2.51. The summed E-state index contributed by atoms with van der Waals surface area (Å²) in [5.41, 5.74) is 1.08. The van der Waals surface area contributed by atoms with Crippen molar-refractivity contribution in [1.82, 2.24) is 15.1 Å². The Morgan fingerprint density at radius 3 is 2.71 bits per heavy atom. The van der Waals surface area contributed by atoms with Gasteiger partial charge in [-0.05, 0) is 25.1 Å². The zero-order chi connectivity index (χ0) is 15.4. The van der Waals surface area contributed by atoms with Gasteiger partial charge >= 0.3 is 0 Å². The monoisotopic (exact) mass is 350 g/mol. The lowest BCUT2D eigenvalue weighted by atomic mass is 10.2. The van der Waals surface area contributed by atoms with Gasteiger partial charge in [-0.3, -0.25) is 14.3 Å². The number of benzene rings is 1. The van der Waals surface area contributed by atoms with Crippen LogP contribution in [0.15, 0.2) is 34.9 Å². The Kier molecular flexibility index (Phi) is 4.74. The van der Waals surface area contributed by atoms with E-state index in [2.05, 4.69) is 31.7 Å². The van der Waals surface area contributed by atoms with Crippen LogP contribution in [0.25, 0.3) is 0 Å². The molecule has 0 aliphatic heterocycles. The van der Waals surface area contributed by atoms with Crippen LogP contribution in [0.3, 0.4) is 0 Å². The van der Waals surface area contributed by atoms with E-state index >= 15 is 0 Å². The van der Waals surface area contributed by atoms with Crippen molar-refractivity contribution in [2.45, 2.75) is 13.5 Å². The fraction of sp³-hybridized carbons (Fsp3) is 0.214. The van der Waals surface area contributed by atoms with Crippen molar-refractivity contribution in [1.29, 1.82) is 0 Å². The highest BCUT2D eigenvalue weighted by atomic mass is 79.9. The highest BCUT2D eigenvalue weighted by Gasteiger charge is 2.18. The minimum absolute atomic E-state index is 0.197. The largest absolute Gasteiger partial charge is 0.354 e. The predicted octanol–water partition coefficient (Wildman–Crippen LogP) is 2.28. The lowest BCUT2D eigenvalue weighted by Crippen LogP contribution is -2.21. The van der Waals surface area contributed by atoms with E-state index in [1.807, 2.05) is 13.0 Å². The summed E-state index contributed by atoms with van der Waals surface area (Å²) in [7, 11) is 1.52. The number of hydrogen-bond donors (Lipinski definition) is 2. The number of carbonyl (C=O) groups excluding carboxylic acids is 2. The molecule has 2 amide bonds. The van der Waals surface area contributed by atoms with Crippen LogP contribution >= 0.6 is 15.9 Å². The summed E-state index contributed by atoms with van der Waals surface area (Å²) in [4.78, 5) is 24.0. The average molecular weight is 351 g/mol. The van der Waals surface area contributed by atoms with Gasteiger partial charge in [-0.2, -0.15) is 5.10 Å². The third kappa shape index (κ3) is 3.49. The normalized spacial score (nSPS) is 10.2. The number of carbonyl (C=O) groups is 2. The highest BCUT2D eigenvalue weighted by Crippen LogP contribution is 2.17. The topological polar surface area (TPSA) is 76.0 Å². The van der Waals surface area contributed by atoms with E-state index in [0.29, 0.717) is 17.8 Å². The molecule has 0 unspecified atom stereocenters. The number of halogens is 1. The molecule has 0 fully saturated rings. The standard InChI is InChI=1S/C14H15BrN4O2/c1-3-19-8-11(12(18-19)14(21)16-2)17-13(20)9-5-4-6-10(15)7-9/h4-8H,3H2,1-2H3,(H,16,21)(H,17,20). The van der Waals surface area contributed by atoms with Crippen molar-refractivity contribution in [3.8, 4) is 0 Å². The molecule has 0 saturated heterocycles. The van der Waals surface area contributed by atoms with Crippen LogP contribution in [0, 0.1) is 0 Å². The minimum Gasteiger partial charge on any atom is -0.354 e. The Hall–Kier alpha value is -2.15. The summed E-state index contributed by atoms with van der Waals surface area (Å²) < 4.78 is 2.41. The van der Waals surface area contributed by atoms with E-state index in [1.54, 1.807) is 29.1 Å². The van der Waals surface area contributed by atoms with Crippen LogP contribution in [-0.2, 0) is 6.54 Å². The number of anilines is 1. The Balaban J connectivity index is 2.28. The van der Waals surface area contributed by atoms with Gasteiger partial charge < -0.3 is 10.6 Å². The van der Waals surface area contributed by atoms with E-state index < -0.39 is 0 Å². The van der Waals surface area contributed by atoms with Crippen LogP contribution < -0.4 is 10.6 Å². The van der Waals surface area contributed by atoms with E-state index in [1.165, 1.54) is 7.05 Å². The molecule has 0 saturated carbocycles. The fourth-order valence-electron chi connectivity index (χ4n) is 1.79. The summed E-state index contributed by atoms with van der Waals surface area (Å²) in [6.07, 6.45) is 1.64. The van der Waals surface area contributed by atoms with E-state index in [9.17, 15) is 9.59 Å². The van der Waals surface area contributed by atoms with Crippen LogP contribution in [0.5, 0.6) is 0 Å². The number of amides is 2. The first-order valence-electron chi connectivity index (χ1n) is 6.41. The molecule has 7 heteroatoms.